The monoisotopic (exact) mass is 270 g/mol. The first-order chi connectivity index (χ1) is 8.82. The standard InChI is InChI=1S/C14H26N2O3/c1-10(2)7-11(12(17)18)8-15-13(19)16-9-14(3)5-4-6-14/h10-11H,4-9H2,1-3H3,(H,17,18)(H2,15,16,19). The molecule has 0 heterocycles. The number of hydrogen-bond donors (Lipinski definition) is 3. The molecule has 0 aromatic rings. The summed E-state index contributed by atoms with van der Waals surface area (Å²) in [6.07, 6.45) is 4.11. The minimum atomic E-state index is -0.847. The number of carboxylic acids is 1. The van der Waals surface area contributed by atoms with Crippen LogP contribution in [0.3, 0.4) is 0 Å². The first-order valence-electron chi connectivity index (χ1n) is 7.07. The molecule has 110 valence electrons. The van der Waals surface area contributed by atoms with E-state index in [1.165, 1.54) is 6.42 Å². The number of amides is 2. The molecule has 0 saturated heterocycles. The van der Waals surface area contributed by atoms with Crippen molar-refractivity contribution in [1.29, 1.82) is 0 Å². The predicted octanol–water partition coefficient (Wildman–Crippen LogP) is 2.22. The quantitative estimate of drug-likeness (QED) is 0.663. The Morgan fingerprint density at radius 3 is 2.32 bits per heavy atom. The van der Waals surface area contributed by atoms with Gasteiger partial charge in [-0.3, -0.25) is 4.79 Å². The third-order valence-electron chi connectivity index (χ3n) is 3.85. The molecule has 1 fully saturated rings. The summed E-state index contributed by atoms with van der Waals surface area (Å²) < 4.78 is 0. The lowest BCUT2D eigenvalue weighted by Gasteiger charge is -2.38. The number of aliphatic carboxylic acids is 1. The number of carbonyl (C=O) groups excluding carboxylic acids is 1. The summed E-state index contributed by atoms with van der Waals surface area (Å²) >= 11 is 0. The van der Waals surface area contributed by atoms with E-state index in [4.69, 9.17) is 5.11 Å². The van der Waals surface area contributed by atoms with Crippen molar-refractivity contribution in [1.82, 2.24) is 10.6 Å². The van der Waals surface area contributed by atoms with Crippen molar-refractivity contribution in [2.24, 2.45) is 17.3 Å². The molecule has 1 rings (SSSR count). The Hall–Kier alpha value is -1.26. The van der Waals surface area contributed by atoms with E-state index in [9.17, 15) is 9.59 Å². The molecule has 1 atom stereocenters. The fraction of sp³-hybridized carbons (Fsp3) is 0.857. The molecule has 1 aliphatic rings. The van der Waals surface area contributed by atoms with Gasteiger partial charge in [0.05, 0.1) is 5.92 Å². The van der Waals surface area contributed by atoms with Crippen molar-refractivity contribution in [2.45, 2.75) is 46.5 Å². The Bertz CT molecular complexity index is 325. The van der Waals surface area contributed by atoms with Gasteiger partial charge in [0.2, 0.25) is 0 Å². The first-order valence-corrected chi connectivity index (χ1v) is 7.07. The van der Waals surface area contributed by atoms with E-state index in [-0.39, 0.29) is 18.0 Å². The van der Waals surface area contributed by atoms with E-state index in [1.54, 1.807) is 0 Å². The van der Waals surface area contributed by atoms with Crippen LogP contribution in [0.2, 0.25) is 0 Å². The maximum absolute atomic E-state index is 11.6. The van der Waals surface area contributed by atoms with Gasteiger partial charge in [0.25, 0.3) is 0 Å². The molecule has 5 nitrogen and oxygen atoms in total. The highest BCUT2D eigenvalue weighted by molar-refractivity contribution is 5.75. The molecule has 1 unspecified atom stereocenters. The fourth-order valence-electron chi connectivity index (χ4n) is 2.37. The van der Waals surface area contributed by atoms with Crippen molar-refractivity contribution < 1.29 is 14.7 Å². The molecule has 0 spiro atoms. The number of carboxylic acid groups (broad SMARTS) is 1. The molecule has 3 N–H and O–H groups in total. The molecule has 2 amide bonds. The lowest BCUT2D eigenvalue weighted by atomic mass is 9.70. The summed E-state index contributed by atoms with van der Waals surface area (Å²) in [6.45, 7) is 6.98. The largest absolute Gasteiger partial charge is 0.481 e. The van der Waals surface area contributed by atoms with Gasteiger partial charge < -0.3 is 15.7 Å². The molecule has 5 heteroatoms. The predicted molar refractivity (Wildman–Crippen MR) is 73.9 cm³/mol. The van der Waals surface area contributed by atoms with Crippen LogP contribution in [0.4, 0.5) is 4.79 Å². The smallest absolute Gasteiger partial charge is 0.314 e. The van der Waals surface area contributed by atoms with Crippen LogP contribution in [-0.2, 0) is 4.79 Å². The second kappa shape index (κ2) is 6.78. The lowest BCUT2D eigenvalue weighted by molar-refractivity contribution is -0.142. The van der Waals surface area contributed by atoms with Crippen LogP contribution in [0.15, 0.2) is 0 Å². The molecular weight excluding hydrogens is 244 g/mol. The zero-order valence-electron chi connectivity index (χ0n) is 12.2. The Kier molecular flexibility index (Phi) is 5.63. The summed E-state index contributed by atoms with van der Waals surface area (Å²) in [7, 11) is 0. The van der Waals surface area contributed by atoms with Crippen LogP contribution < -0.4 is 10.6 Å². The fourth-order valence-corrected chi connectivity index (χ4v) is 2.37. The zero-order valence-corrected chi connectivity index (χ0v) is 12.2. The summed E-state index contributed by atoms with van der Waals surface area (Å²) in [5.74, 6) is -1.05. The summed E-state index contributed by atoms with van der Waals surface area (Å²) in [5, 5.41) is 14.6. The van der Waals surface area contributed by atoms with Crippen LogP contribution in [0, 0.1) is 17.3 Å². The van der Waals surface area contributed by atoms with E-state index < -0.39 is 11.9 Å². The van der Waals surface area contributed by atoms with Crippen molar-refractivity contribution in [3.63, 3.8) is 0 Å². The first kappa shape index (κ1) is 15.8. The highest BCUT2D eigenvalue weighted by Crippen LogP contribution is 2.39. The highest BCUT2D eigenvalue weighted by atomic mass is 16.4. The summed E-state index contributed by atoms with van der Waals surface area (Å²) in [4.78, 5) is 22.7. The van der Waals surface area contributed by atoms with Gasteiger partial charge in [-0.15, -0.1) is 0 Å². The van der Waals surface area contributed by atoms with Gasteiger partial charge in [-0.2, -0.15) is 0 Å². The summed E-state index contributed by atoms with van der Waals surface area (Å²) in [6, 6.07) is -0.261. The number of rotatable bonds is 7. The van der Waals surface area contributed by atoms with Gasteiger partial charge >= 0.3 is 12.0 Å². The van der Waals surface area contributed by atoms with Gasteiger partial charge in [0, 0.05) is 13.1 Å². The Labute approximate surface area is 115 Å². The van der Waals surface area contributed by atoms with Gasteiger partial charge in [-0.1, -0.05) is 27.2 Å². The molecule has 1 saturated carbocycles. The van der Waals surface area contributed by atoms with Crippen molar-refractivity contribution in [2.75, 3.05) is 13.1 Å². The number of hydrogen-bond acceptors (Lipinski definition) is 2. The minimum absolute atomic E-state index is 0.191. The molecule has 0 aliphatic heterocycles. The zero-order chi connectivity index (χ0) is 14.5. The topological polar surface area (TPSA) is 78.4 Å². The van der Waals surface area contributed by atoms with Crippen LogP contribution in [-0.4, -0.2) is 30.2 Å². The SMILES string of the molecule is CC(C)CC(CNC(=O)NCC1(C)CCC1)C(=O)O. The molecule has 0 aromatic heterocycles. The highest BCUT2D eigenvalue weighted by Gasteiger charge is 2.31. The molecule has 19 heavy (non-hydrogen) atoms. The molecule has 1 aliphatic carbocycles. The molecular formula is C14H26N2O3. The van der Waals surface area contributed by atoms with E-state index in [0.717, 1.165) is 12.8 Å². The second-order valence-electron chi connectivity index (χ2n) is 6.39. The maximum atomic E-state index is 11.6. The van der Waals surface area contributed by atoms with Crippen molar-refractivity contribution in [3.8, 4) is 0 Å². The molecule has 0 aromatic carbocycles. The van der Waals surface area contributed by atoms with Gasteiger partial charge in [-0.05, 0) is 30.6 Å². The number of urea groups is 1. The van der Waals surface area contributed by atoms with Crippen LogP contribution in [0.25, 0.3) is 0 Å². The minimum Gasteiger partial charge on any atom is -0.481 e. The molecule has 0 bridgehead atoms. The van der Waals surface area contributed by atoms with Crippen LogP contribution in [0.5, 0.6) is 0 Å². The normalized spacial score (nSPS) is 18.5. The van der Waals surface area contributed by atoms with Crippen LogP contribution in [0.1, 0.15) is 46.5 Å². The van der Waals surface area contributed by atoms with Crippen molar-refractivity contribution >= 4 is 12.0 Å². The number of carbonyl (C=O) groups is 2. The average molecular weight is 270 g/mol. The number of nitrogens with one attached hydrogen (secondary N) is 2. The van der Waals surface area contributed by atoms with Gasteiger partial charge in [-0.25, -0.2) is 4.79 Å². The maximum Gasteiger partial charge on any atom is 0.314 e. The van der Waals surface area contributed by atoms with Gasteiger partial charge in [0.1, 0.15) is 0 Å². The van der Waals surface area contributed by atoms with Gasteiger partial charge in [0.15, 0.2) is 0 Å². The van der Waals surface area contributed by atoms with E-state index in [1.807, 2.05) is 13.8 Å². The third-order valence-corrected chi connectivity index (χ3v) is 3.85. The Morgan fingerprint density at radius 2 is 1.89 bits per heavy atom. The average Bonchev–Trinajstić information content (AvgIpc) is 2.28. The Morgan fingerprint density at radius 1 is 1.26 bits per heavy atom. The second-order valence-corrected chi connectivity index (χ2v) is 6.39. The van der Waals surface area contributed by atoms with Crippen LogP contribution >= 0.6 is 0 Å². The third kappa shape index (κ3) is 5.49. The van der Waals surface area contributed by atoms with E-state index >= 15 is 0 Å². The molecule has 0 radical (unpaired) electrons. The lowest BCUT2D eigenvalue weighted by Crippen LogP contribution is -2.45. The van der Waals surface area contributed by atoms with E-state index in [2.05, 4.69) is 17.6 Å². The van der Waals surface area contributed by atoms with E-state index in [0.29, 0.717) is 18.9 Å². The summed E-state index contributed by atoms with van der Waals surface area (Å²) in [5.41, 5.74) is 0.238. The Balaban J connectivity index is 2.25. The van der Waals surface area contributed by atoms with Crippen molar-refractivity contribution in [3.05, 3.63) is 0 Å².